The molecule has 2 N–H and O–H groups in total. The third-order valence-corrected chi connectivity index (χ3v) is 2.72. The summed E-state index contributed by atoms with van der Waals surface area (Å²) in [5.41, 5.74) is 1.03. The number of hydrogen-bond acceptors (Lipinski definition) is 3. The van der Waals surface area contributed by atoms with Crippen LogP contribution in [0.25, 0.3) is 0 Å². The number of nitrogens with two attached hydrogens (primary N) is 1. The summed E-state index contributed by atoms with van der Waals surface area (Å²) in [5, 5.41) is 0. The maximum absolute atomic E-state index is 12.2. The summed E-state index contributed by atoms with van der Waals surface area (Å²) in [7, 11) is 0. The summed E-state index contributed by atoms with van der Waals surface area (Å²) in [6.45, 7) is 0. The SMILES string of the molecule is Nc1ccc(SF)c(SC(F)(F)F)c1. The van der Waals surface area contributed by atoms with Gasteiger partial charge in [0.15, 0.2) is 0 Å². The maximum Gasteiger partial charge on any atom is 0.446 e. The fourth-order valence-electron chi connectivity index (χ4n) is 0.793. The molecule has 0 fully saturated rings. The molecule has 1 aromatic rings. The van der Waals surface area contributed by atoms with Crippen molar-refractivity contribution in [1.29, 1.82) is 0 Å². The molecule has 1 rings (SSSR count). The van der Waals surface area contributed by atoms with Crippen LogP contribution in [0.4, 0.5) is 22.7 Å². The molecule has 0 unspecified atom stereocenters. The van der Waals surface area contributed by atoms with Crippen molar-refractivity contribution in [1.82, 2.24) is 0 Å². The van der Waals surface area contributed by atoms with Gasteiger partial charge in [0.25, 0.3) is 0 Å². The van der Waals surface area contributed by atoms with E-state index in [4.69, 9.17) is 5.73 Å². The minimum Gasteiger partial charge on any atom is -0.399 e. The molecule has 0 saturated heterocycles. The van der Waals surface area contributed by atoms with Crippen molar-refractivity contribution in [2.75, 3.05) is 5.73 Å². The van der Waals surface area contributed by atoms with Crippen LogP contribution >= 0.6 is 23.9 Å². The van der Waals surface area contributed by atoms with E-state index in [9.17, 15) is 17.1 Å². The summed E-state index contributed by atoms with van der Waals surface area (Å²) in [4.78, 5) is -0.300. The van der Waals surface area contributed by atoms with Gasteiger partial charge in [-0.1, -0.05) is 0 Å². The van der Waals surface area contributed by atoms with Gasteiger partial charge in [0.1, 0.15) is 0 Å². The van der Waals surface area contributed by atoms with Crippen molar-refractivity contribution >= 4 is 29.6 Å². The van der Waals surface area contributed by atoms with Gasteiger partial charge in [0, 0.05) is 10.6 Å². The Labute approximate surface area is 86.3 Å². The van der Waals surface area contributed by atoms with Crippen molar-refractivity contribution in [3.63, 3.8) is 0 Å². The molecule has 0 heterocycles. The Hall–Kier alpha value is -0.560. The highest BCUT2D eigenvalue weighted by Gasteiger charge is 2.30. The molecule has 0 aromatic heterocycles. The van der Waals surface area contributed by atoms with Crippen molar-refractivity contribution in [3.8, 4) is 0 Å². The molecule has 0 aliphatic carbocycles. The predicted molar refractivity (Wildman–Crippen MR) is 49.7 cm³/mol. The highest BCUT2D eigenvalue weighted by Crippen LogP contribution is 2.42. The molecule has 1 aromatic carbocycles. The third-order valence-electron chi connectivity index (χ3n) is 1.28. The Kier molecular flexibility index (Phi) is 3.54. The van der Waals surface area contributed by atoms with E-state index < -0.39 is 5.51 Å². The van der Waals surface area contributed by atoms with Crippen LogP contribution in [-0.4, -0.2) is 5.51 Å². The Morgan fingerprint density at radius 2 is 1.79 bits per heavy atom. The van der Waals surface area contributed by atoms with Gasteiger partial charge >= 0.3 is 5.51 Å². The van der Waals surface area contributed by atoms with Crippen molar-refractivity contribution in [2.45, 2.75) is 15.3 Å². The first-order chi connectivity index (χ1) is 6.42. The summed E-state index contributed by atoms with van der Waals surface area (Å²) in [6.07, 6.45) is 0. The van der Waals surface area contributed by atoms with Crippen molar-refractivity contribution < 1.29 is 17.1 Å². The van der Waals surface area contributed by atoms with E-state index in [2.05, 4.69) is 0 Å². The lowest BCUT2D eigenvalue weighted by molar-refractivity contribution is -0.0328. The van der Waals surface area contributed by atoms with E-state index in [0.29, 0.717) is 0 Å². The Morgan fingerprint density at radius 1 is 1.14 bits per heavy atom. The average molecular weight is 243 g/mol. The standard InChI is InChI=1S/C7H5F4NS2/c8-7(9,10)13-6-3-4(12)1-2-5(6)14-11/h1-3H,12H2. The minimum absolute atomic E-state index is 0.0819. The Bertz CT molecular complexity index is 326. The first-order valence-electron chi connectivity index (χ1n) is 3.36. The van der Waals surface area contributed by atoms with Gasteiger partial charge in [-0.3, -0.25) is 0 Å². The second kappa shape index (κ2) is 4.31. The zero-order valence-corrected chi connectivity index (χ0v) is 8.27. The van der Waals surface area contributed by atoms with Crippen LogP contribution in [0.2, 0.25) is 0 Å². The fraction of sp³-hybridized carbons (Fsp3) is 0.143. The summed E-state index contributed by atoms with van der Waals surface area (Å²) in [6, 6.07) is 3.66. The number of nitrogen functional groups attached to an aromatic ring is 1. The van der Waals surface area contributed by atoms with E-state index in [1.165, 1.54) is 12.1 Å². The molecule has 14 heavy (non-hydrogen) atoms. The number of anilines is 1. The van der Waals surface area contributed by atoms with Crippen LogP contribution in [-0.2, 0) is 0 Å². The number of hydrogen-bond donors (Lipinski definition) is 1. The van der Waals surface area contributed by atoms with E-state index in [-0.39, 0.29) is 39.4 Å². The normalized spacial score (nSPS) is 11.7. The minimum atomic E-state index is -4.43. The summed E-state index contributed by atoms with van der Waals surface area (Å²) >= 11 is -0.606. The second-order valence-corrected chi connectivity index (χ2v) is 4.03. The topological polar surface area (TPSA) is 26.0 Å². The van der Waals surface area contributed by atoms with Crippen LogP contribution < -0.4 is 5.73 Å². The fourth-order valence-corrected chi connectivity index (χ4v) is 1.88. The summed E-state index contributed by atoms with van der Waals surface area (Å²) < 4.78 is 48.1. The highest BCUT2D eigenvalue weighted by molar-refractivity contribution is 8.01. The zero-order chi connectivity index (χ0) is 10.8. The van der Waals surface area contributed by atoms with Crippen molar-refractivity contribution in [2.24, 2.45) is 0 Å². The van der Waals surface area contributed by atoms with Gasteiger partial charge in [0.05, 0.1) is 17.0 Å². The highest BCUT2D eigenvalue weighted by atomic mass is 32.2. The molecule has 0 saturated carbocycles. The molecule has 78 valence electrons. The van der Waals surface area contributed by atoms with Crippen LogP contribution in [0, 0.1) is 0 Å². The lowest BCUT2D eigenvalue weighted by atomic mass is 10.3. The van der Waals surface area contributed by atoms with Crippen LogP contribution in [0.1, 0.15) is 0 Å². The van der Waals surface area contributed by atoms with Crippen molar-refractivity contribution in [3.05, 3.63) is 18.2 Å². The smallest absolute Gasteiger partial charge is 0.399 e. The maximum atomic E-state index is 12.2. The van der Waals surface area contributed by atoms with E-state index in [1.807, 2.05) is 0 Å². The first kappa shape index (κ1) is 11.5. The van der Waals surface area contributed by atoms with Gasteiger partial charge in [0.2, 0.25) is 0 Å². The quantitative estimate of drug-likeness (QED) is 0.485. The van der Waals surface area contributed by atoms with Gasteiger partial charge in [-0.2, -0.15) is 17.1 Å². The van der Waals surface area contributed by atoms with Crippen LogP contribution in [0.15, 0.2) is 28.0 Å². The number of rotatable bonds is 2. The third kappa shape index (κ3) is 3.30. The van der Waals surface area contributed by atoms with Gasteiger partial charge < -0.3 is 5.73 Å². The summed E-state index contributed by atoms with van der Waals surface area (Å²) in [5.74, 6) is 0. The van der Waals surface area contributed by atoms with Gasteiger partial charge in [-0.25, -0.2) is 0 Å². The number of thioether (sulfide) groups is 1. The molecule has 0 bridgehead atoms. The molecule has 0 aliphatic rings. The van der Waals surface area contributed by atoms with Gasteiger partial charge in [-0.05, 0) is 30.0 Å². The molecular formula is C7H5F4NS2. The van der Waals surface area contributed by atoms with Crippen LogP contribution in [0.5, 0.6) is 0 Å². The molecule has 0 aliphatic heterocycles. The molecule has 0 amide bonds. The second-order valence-electron chi connectivity index (χ2n) is 2.33. The molecule has 0 spiro atoms. The molecule has 0 atom stereocenters. The predicted octanol–water partition coefficient (Wildman–Crippen LogP) is 3.86. The van der Waals surface area contributed by atoms with Crippen LogP contribution in [0.3, 0.4) is 0 Å². The molecule has 7 heteroatoms. The Balaban J connectivity index is 2.99. The Morgan fingerprint density at radius 3 is 2.29 bits per heavy atom. The molecule has 0 radical (unpaired) electrons. The average Bonchev–Trinajstić information content (AvgIpc) is 2.01. The number of halogens is 4. The van der Waals surface area contributed by atoms with E-state index in [1.54, 1.807) is 0 Å². The first-order valence-corrected chi connectivity index (χ1v) is 4.89. The van der Waals surface area contributed by atoms with Gasteiger partial charge in [-0.15, -0.1) is 0 Å². The van der Waals surface area contributed by atoms with E-state index in [0.717, 1.165) is 6.07 Å². The zero-order valence-electron chi connectivity index (χ0n) is 6.64. The molecular weight excluding hydrogens is 238 g/mol. The van der Waals surface area contributed by atoms with E-state index >= 15 is 0 Å². The largest absolute Gasteiger partial charge is 0.446 e. The number of alkyl halides is 3. The lowest BCUT2D eigenvalue weighted by Crippen LogP contribution is -2.00. The monoisotopic (exact) mass is 243 g/mol. The lowest BCUT2D eigenvalue weighted by Gasteiger charge is -2.08. The number of benzene rings is 1. The molecule has 1 nitrogen and oxygen atoms in total.